The molecule has 0 aromatic heterocycles. The lowest BCUT2D eigenvalue weighted by Crippen LogP contribution is -2.32. The lowest BCUT2D eigenvalue weighted by Gasteiger charge is -2.18. The van der Waals surface area contributed by atoms with Crippen LogP contribution in [0.4, 0.5) is 5.69 Å². The molecule has 0 saturated carbocycles. The highest BCUT2D eigenvalue weighted by molar-refractivity contribution is 7.89. The van der Waals surface area contributed by atoms with Crippen molar-refractivity contribution in [1.29, 1.82) is 0 Å². The van der Waals surface area contributed by atoms with Crippen molar-refractivity contribution in [2.75, 3.05) is 30.3 Å². The summed E-state index contributed by atoms with van der Waals surface area (Å²) in [5.41, 5.74) is 2.41. The Hall–Kier alpha value is -1.85. The van der Waals surface area contributed by atoms with Gasteiger partial charge in [0.05, 0.1) is 5.75 Å². The molecule has 2 aromatic carbocycles. The molecule has 1 saturated heterocycles. The van der Waals surface area contributed by atoms with Crippen LogP contribution in [0.25, 0.3) is 0 Å². The molecule has 5 heteroatoms. The fourth-order valence-corrected chi connectivity index (χ4v) is 4.46. The first-order valence-electron chi connectivity index (χ1n) is 8.94. The Morgan fingerprint density at radius 2 is 1.68 bits per heavy atom. The third-order valence-corrected chi connectivity index (χ3v) is 6.15. The highest BCUT2D eigenvalue weighted by atomic mass is 32.2. The zero-order chi connectivity index (χ0) is 17.5. The Labute approximate surface area is 150 Å². The smallest absolute Gasteiger partial charge is 0.211 e. The standard InChI is InChI=1S/C20H26N2O2S/c23-25(24,15-7-10-18-8-3-1-4-9-18)21-16-19-13-14-22(17-19)20-11-5-2-6-12-20/h1-6,8-9,11-12,19,21H,7,10,13-17H2. The minimum Gasteiger partial charge on any atom is -0.371 e. The fourth-order valence-electron chi connectivity index (χ4n) is 3.30. The van der Waals surface area contributed by atoms with Gasteiger partial charge in [-0.15, -0.1) is 0 Å². The van der Waals surface area contributed by atoms with Gasteiger partial charge in [-0.1, -0.05) is 48.5 Å². The number of aryl methyl sites for hydroxylation is 1. The van der Waals surface area contributed by atoms with Crippen molar-refractivity contribution in [1.82, 2.24) is 4.72 Å². The van der Waals surface area contributed by atoms with Crippen molar-refractivity contribution in [3.8, 4) is 0 Å². The Morgan fingerprint density at radius 3 is 2.40 bits per heavy atom. The van der Waals surface area contributed by atoms with Crippen molar-refractivity contribution >= 4 is 15.7 Å². The van der Waals surface area contributed by atoms with E-state index < -0.39 is 10.0 Å². The van der Waals surface area contributed by atoms with E-state index >= 15 is 0 Å². The van der Waals surface area contributed by atoms with Crippen molar-refractivity contribution < 1.29 is 8.42 Å². The fraction of sp³-hybridized carbons (Fsp3) is 0.400. The molecule has 1 aliphatic rings. The molecular weight excluding hydrogens is 332 g/mol. The number of para-hydroxylation sites is 1. The molecule has 1 unspecified atom stereocenters. The van der Waals surface area contributed by atoms with Crippen LogP contribution in [0, 0.1) is 5.92 Å². The molecule has 1 N–H and O–H groups in total. The quantitative estimate of drug-likeness (QED) is 0.789. The second-order valence-corrected chi connectivity index (χ2v) is 8.62. The van der Waals surface area contributed by atoms with Crippen molar-refractivity contribution in [2.24, 2.45) is 5.92 Å². The van der Waals surface area contributed by atoms with Crippen LogP contribution in [0.3, 0.4) is 0 Å². The van der Waals surface area contributed by atoms with Crippen LogP contribution in [0.5, 0.6) is 0 Å². The van der Waals surface area contributed by atoms with Gasteiger partial charge in [-0.05, 0) is 42.9 Å². The third kappa shape index (κ3) is 5.58. The van der Waals surface area contributed by atoms with E-state index in [-0.39, 0.29) is 5.75 Å². The van der Waals surface area contributed by atoms with Gasteiger partial charge in [0.25, 0.3) is 0 Å². The summed E-state index contributed by atoms with van der Waals surface area (Å²) in [5, 5.41) is 0. The molecular formula is C20H26N2O2S. The minimum atomic E-state index is -3.19. The van der Waals surface area contributed by atoms with Gasteiger partial charge in [0.2, 0.25) is 10.0 Å². The average molecular weight is 359 g/mol. The van der Waals surface area contributed by atoms with Gasteiger partial charge in [-0.3, -0.25) is 0 Å². The summed E-state index contributed by atoms with van der Waals surface area (Å²) >= 11 is 0. The highest BCUT2D eigenvalue weighted by Gasteiger charge is 2.24. The molecule has 134 valence electrons. The summed E-state index contributed by atoms with van der Waals surface area (Å²) < 4.78 is 27.2. The Morgan fingerprint density at radius 1 is 1.00 bits per heavy atom. The average Bonchev–Trinajstić information content (AvgIpc) is 3.11. The first kappa shape index (κ1) is 18.0. The van der Waals surface area contributed by atoms with Gasteiger partial charge in [0.15, 0.2) is 0 Å². The molecule has 1 aliphatic heterocycles. The number of rotatable bonds is 8. The number of nitrogens with zero attached hydrogens (tertiary/aromatic N) is 1. The van der Waals surface area contributed by atoms with Crippen LogP contribution in [0.1, 0.15) is 18.4 Å². The van der Waals surface area contributed by atoms with E-state index in [1.54, 1.807) is 0 Å². The summed E-state index contributed by atoms with van der Waals surface area (Å²) in [5.74, 6) is 0.570. The number of hydrogen-bond donors (Lipinski definition) is 1. The molecule has 1 atom stereocenters. The van der Waals surface area contributed by atoms with Gasteiger partial charge in [0.1, 0.15) is 0 Å². The molecule has 4 nitrogen and oxygen atoms in total. The first-order chi connectivity index (χ1) is 12.1. The molecule has 0 radical (unpaired) electrons. The van der Waals surface area contributed by atoms with Crippen LogP contribution in [0.15, 0.2) is 60.7 Å². The zero-order valence-corrected chi connectivity index (χ0v) is 15.3. The zero-order valence-electron chi connectivity index (χ0n) is 14.5. The third-order valence-electron chi connectivity index (χ3n) is 4.72. The van der Waals surface area contributed by atoms with Crippen LogP contribution in [-0.2, 0) is 16.4 Å². The summed E-state index contributed by atoms with van der Waals surface area (Å²) in [6, 6.07) is 20.3. The highest BCUT2D eigenvalue weighted by Crippen LogP contribution is 2.23. The second-order valence-electron chi connectivity index (χ2n) is 6.69. The Bertz CT molecular complexity index is 748. The minimum absolute atomic E-state index is 0.191. The Balaban J connectivity index is 1.40. The molecule has 25 heavy (non-hydrogen) atoms. The normalized spacial score (nSPS) is 17.8. The predicted molar refractivity (Wildman–Crippen MR) is 103 cm³/mol. The van der Waals surface area contributed by atoms with E-state index in [4.69, 9.17) is 0 Å². The monoisotopic (exact) mass is 358 g/mol. The molecule has 0 amide bonds. The summed E-state index contributed by atoms with van der Waals surface area (Å²) in [4.78, 5) is 2.33. The van der Waals surface area contributed by atoms with Gasteiger partial charge in [-0.25, -0.2) is 13.1 Å². The number of anilines is 1. The Kier molecular flexibility index (Phi) is 6.10. The number of sulfonamides is 1. The van der Waals surface area contributed by atoms with Gasteiger partial charge >= 0.3 is 0 Å². The molecule has 1 heterocycles. The molecule has 2 aromatic rings. The maximum Gasteiger partial charge on any atom is 0.211 e. The molecule has 0 bridgehead atoms. The lowest BCUT2D eigenvalue weighted by atomic mass is 10.1. The van der Waals surface area contributed by atoms with E-state index in [0.29, 0.717) is 18.9 Å². The number of nitrogens with one attached hydrogen (secondary N) is 1. The van der Waals surface area contributed by atoms with E-state index in [1.807, 2.05) is 48.5 Å². The SMILES string of the molecule is O=S(=O)(CCCc1ccccc1)NCC1CCN(c2ccccc2)C1. The number of hydrogen-bond acceptors (Lipinski definition) is 3. The van der Waals surface area contributed by atoms with E-state index in [0.717, 1.165) is 25.9 Å². The summed E-state index contributed by atoms with van der Waals surface area (Å²) in [7, 11) is -3.19. The van der Waals surface area contributed by atoms with Crippen LogP contribution in [-0.4, -0.2) is 33.8 Å². The molecule has 0 spiro atoms. The second kappa shape index (κ2) is 8.50. The topological polar surface area (TPSA) is 49.4 Å². The first-order valence-corrected chi connectivity index (χ1v) is 10.6. The maximum absolute atomic E-state index is 12.2. The van der Waals surface area contributed by atoms with Crippen molar-refractivity contribution in [3.05, 3.63) is 66.2 Å². The molecule has 0 aliphatic carbocycles. The molecule has 3 rings (SSSR count). The van der Waals surface area contributed by atoms with Crippen molar-refractivity contribution in [3.63, 3.8) is 0 Å². The molecule has 1 fully saturated rings. The van der Waals surface area contributed by atoms with E-state index in [9.17, 15) is 8.42 Å². The van der Waals surface area contributed by atoms with Crippen LogP contribution < -0.4 is 9.62 Å². The van der Waals surface area contributed by atoms with E-state index in [2.05, 4.69) is 21.8 Å². The van der Waals surface area contributed by atoms with Crippen LogP contribution in [0.2, 0.25) is 0 Å². The number of benzene rings is 2. The predicted octanol–water partition coefficient (Wildman–Crippen LogP) is 3.07. The van der Waals surface area contributed by atoms with Gasteiger partial charge in [-0.2, -0.15) is 0 Å². The van der Waals surface area contributed by atoms with Crippen LogP contribution >= 0.6 is 0 Å². The summed E-state index contributed by atoms with van der Waals surface area (Å²) in [6.07, 6.45) is 2.48. The largest absolute Gasteiger partial charge is 0.371 e. The maximum atomic E-state index is 12.2. The van der Waals surface area contributed by atoms with Gasteiger partial charge < -0.3 is 4.90 Å². The summed E-state index contributed by atoms with van der Waals surface area (Å²) in [6.45, 7) is 2.44. The van der Waals surface area contributed by atoms with E-state index in [1.165, 1.54) is 11.3 Å². The lowest BCUT2D eigenvalue weighted by molar-refractivity contribution is 0.540. The van der Waals surface area contributed by atoms with Crippen molar-refractivity contribution in [2.45, 2.75) is 19.3 Å². The van der Waals surface area contributed by atoms with Gasteiger partial charge in [0, 0.05) is 25.3 Å².